The number of amides is 4. The van der Waals surface area contributed by atoms with Crippen molar-refractivity contribution in [1.29, 1.82) is 0 Å². The molecule has 0 bridgehead atoms. The number of hydrogen-bond donors (Lipinski definition) is 0. The molecule has 36 heavy (non-hydrogen) atoms. The Morgan fingerprint density at radius 1 is 0.444 bits per heavy atom. The lowest BCUT2D eigenvalue weighted by Crippen LogP contribution is -2.29. The number of rotatable bonds is 3. The van der Waals surface area contributed by atoms with Crippen LogP contribution in [-0.2, 0) is 0 Å². The summed E-state index contributed by atoms with van der Waals surface area (Å²) in [6.45, 7) is 0. The van der Waals surface area contributed by atoms with Crippen LogP contribution in [-0.4, -0.2) is 23.6 Å². The molecule has 0 saturated heterocycles. The highest BCUT2D eigenvalue weighted by atomic mass is 35.5. The minimum Gasteiger partial charge on any atom is -0.268 e. The van der Waals surface area contributed by atoms with Crippen molar-refractivity contribution in [3.63, 3.8) is 0 Å². The van der Waals surface area contributed by atoms with Crippen molar-refractivity contribution in [3.8, 4) is 11.1 Å². The summed E-state index contributed by atoms with van der Waals surface area (Å²) in [5.41, 5.74) is 3.10. The molecule has 4 aromatic carbocycles. The Hall–Kier alpha value is -4.26. The van der Waals surface area contributed by atoms with Gasteiger partial charge in [0.25, 0.3) is 23.6 Å². The summed E-state index contributed by atoms with van der Waals surface area (Å²) in [5.74, 6) is -1.79. The van der Waals surface area contributed by atoms with E-state index in [9.17, 15) is 19.2 Å². The zero-order valence-electron chi connectivity index (χ0n) is 18.4. The van der Waals surface area contributed by atoms with Gasteiger partial charge < -0.3 is 0 Å². The molecular weight excluding hydrogens is 499 g/mol. The molecule has 6 nitrogen and oxygen atoms in total. The summed E-state index contributed by atoms with van der Waals surface area (Å²) in [7, 11) is 0. The molecule has 0 radical (unpaired) electrons. The zero-order chi connectivity index (χ0) is 25.1. The predicted molar refractivity (Wildman–Crippen MR) is 137 cm³/mol. The van der Waals surface area contributed by atoms with Crippen LogP contribution < -0.4 is 9.80 Å². The zero-order valence-corrected chi connectivity index (χ0v) is 19.9. The first kappa shape index (κ1) is 22.2. The molecule has 0 atom stereocenters. The molecule has 0 unspecified atom stereocenters. The lowest BCUT2D eigenvalue weighted by atomic mass is 9.97. The molecule has 0 aliphatic carbocycles. The summed E-state index contributed by atoms with van der Waals surface area (Å²) in [6, 6.07) is 22.9. The van der Waals surface area contributed by atoms with Crippen molar-refractivity contribution >= 4 is 58.2 Å². The van der Waals surface area contributed by atoms with E-state index in [4.69, 9.17) is 23.2 Å². The maximum absolute atomic E-state index is 13.2. The smallest absolute Gasteiger partial charge is 0.266 e. The highest BCUT2D eigenvalue weighted by Crippen LogP contribution is 2.35. The molecular formula is C28H14Cl2N2O4. The fourth-order valence-corrected chi connectivity index (χ4v) is 4.91. The van der Waals surface area contributed by atoms with Gasteiger partial charge in [-0.05, 0) is 71.8 Å². The normalized spacial score (nSPS) is 14.5. The number of benzene rings is 4. The summed E-state index contributed by atoms with van der Waals surface area (Å²) >= 11 is 12.1. The largest absolute Gasteiger partial charge is 0.268 e. The first-order valence-corrected chi connectivity index (χ1v) is 11.7. The minimum atomic E-state index is -0.460. The van der Waals surface area contributed by atoms with Gasteiger partial charge in [-0.2, -0.15) is 0 Å². The van der Waals surface area contributed by atoms with Crippen molar-refractivity contribution in [2.24, 2.45) is 0 Å². The Morgan fingerprint density at radius 2 is 0.833 bits per heavy atom. The Labute approximate surface area is 215 Å². The molecule has 6 rings (SSSR count). The van der Waals surface area contributed by atoms with Crippen LogP contribution in [0.4, 0.5) is 11.4 Å². The van der Waals surface area contributed by atoms with Crippen LogP contribution in [0.15, 0.2) is 84.9 Å². The van der Waals surface area contributed by atoms with E-state index in [0.717, 1.165) is 9.80 Å². The van der Waals surface area contributed by atoms with E-state index in [0.29, 0.717) is 32.5 Å². The number of nitrogens with zero attached hydrogens (tertiary/aromatic N) is 2. The van der Waals surface area contributed by atoms with Gasteiger partial charge in [-0.15, -0.1) is 0 Å². The fourth-order valence-electron chi connectivity index (χ4n) is 4.54. The molecule has 2 heterocycles. The third-order valence-electron chi connectivity index (χ3n) is 6.24. The third-order valence-corrected chi connectivity index (χ3v) is 6.71. The Morgan fingerprint density at radius 3 is 1.22 bits per heavy atom. The van der Waals surface area contributed by atoms with E-state index in [-0.39, 0.29) is 22.3 Å². The molecule has 4 aromatic rings. The third kappa shape index (κ3) is 3.34. The predicted octanol–water partition coefficient (Wildman–Crippen LogP) is 6.26. The van der Waals surface area contributed by atoms with E-state index < -0.39 is 23.6 Å². The minimum absolute atomic E-state index is 0.251. The van der Waals surface area contributed by atoms with Crippen molar-refractivity contribution in [2.45, 2.75) is 0 Å². The van der Waals surface area contributed by atoms with Crippen molar-refractivity contribution < 1.29 is 19.2 Å². The van der Waals surface area contributed by atoms with Gasteiger partial charge in [0, 0.05) is 10.0 Å². The van der Waals surface area contributed by atoms with E-state index in [1.165, 1.54) is 0 Å². The molecule has 8 heteroatoms. The molecule has 0 N–H and O–H groups in total. The lowest BCUT2D eigenvalue weighted by Gasteiger charge is -2.13. The van der Waals surface area contributed by atoms with Gasteiger partial charge in [0.2, 0.25) is 0 Å². The Kier molecular flexibility index (Phi) is 5.03. The first-order valence-electron chi connectivity index (χ1n) is 10.9. The van der Waals surface area contributed by atoms with Crippen LogP contribution in [0, 0.1) is 0 Å². The molecule has 0 spiro atoms. The molecule has 0 fully saturated rings. The van der Waals surface area contributed by atoms with Crippen LogP contribution in [0.5, 0.6) is 0 Å². The number of carbonyl (C=O) groups excluding carboxylic acids is 4. The van der Waals surface area contributed by atoms with Gasteiger partial charge >= 0.3 is 0 Å². The fraction of sp³-hybridized carbons (Fsp3) is 0. The van der Waals surface area contributed by atoms with Crippen molar-refractivity contribution in [3.05, 3.63) is 117 Å². The first-order chi connectivity index (χ1) is 17.3. The van der Waals surface area contributed by atoms with Gasteiger partial charge in [-0.1, -0.05) is 47.5 Å². The summed E-state index contributed by atoms with van der Waals surface area (Å²) in [5, 5.41) is 0.822. The Balaban J connectivity index is 1.37. The highest BCUT2D eigenvalue weighted by molar-refractivity contribution is 6.37. The van der Waals surface area contributed by atoms with Gasteiger partial charge in [0.1, 0.15) is 0 Å². The standard InChI is InChI=1S/C28H14Cl2N2O4/c29-17-3-1-5-19(13-17)31-25(33)21-9-7-15(11-23(21)27(31)35)16-8-10-22-24(12-16)28(36)32(26(22)34)20-6-2-4-18(30)14-20/h1-14H. The number of anilines is 2. The van der Waals surface area contributed by atoms with Crippen molar-refractivity contribution in [2.75, 3.05) is 9.80 Å². The number of halogens is 2. The maximum Gasteiger partial charge on any atom is 0.266 e. The Bertz CT molecular complexity index is 1540. The monoisotopic (exact) mass is 512 g/mol. The number of fused-ring (bicyclic) bond motifs is 2. The molecule has 174 valence electrons. The highest BCUT2D eigenvalue weighted by Gasteiger charge is 2.38. The second-order valence-electron chi connectivity index (χ2n) is 8.37. The molecule has 0 saturated carbocycles. The average Bonchev–Trinajstić information content (AvgIpc) is 3.27. The van der Waals surface area contributed by atoms with E-state index in [1.807, 2.05) is 0 Å². The topological polar surface area (TPSA) is 74.8 Å². The van der Waals surface area contributed by atoms with Crippen LogP contribution >= 0.6 is 23.2 Å². The molecule has 4 amide bonds. The second-order valence-corrected chi connectivity index (χ2v) is 9.24. The van der Waals surface area contributed by atoms with Gasteiger partial charge in [-0.3, -0.25) is 19.2 Å². The summed E-state index contributed by atoms with van der Waals surface area (Å²) < 4.78 is 0. The number of imide groups is 2. The quantitative estimate of drug-likeness (QED) is 0.303. The van der Waals surface area contributed by atoms with Crippen LogP contribution in [0.1, 0.15) is 41.4 Å². The average molecular weight is 513 g/mol. The van der Waals surface area contributed by atoms with Gasteiger partial charge in [0.05, 0.1) is 33.6 Å². The van der Waals surface area contributed by atoms with E-state index in [1.54, 1.807) is 84.9 Å². The van der Waals surface area contributed by atoms with E-state index >= 15 is 0 Å². The lowest BCUT2D eigenvalue weighted by molar-refractivity contribution is 0.0910. The van der Waals surface area contributed by atoms with Crippen LogP contribution in [0.2, 0.25) is 10.0 Å². The van der Waals surface area contributed by atoms with E-state index in [2.05, 4.69) is 0 Å². The second kappa shape index (κ2) is 8.16. The summed E-state index contributed by atoms with van der Waals surface area (Å²) in [6.07, 6.45) is 0. The van der Waals surface area contributed by atoms with Crippen LogP contribution in [0.25, 0.3) is 11.1 Å². The number of hydrogen-bond acceptors (Lipinski definition) is 4. The molecule has 0 aromatic heterocycles. The SMILES string of the molecule is O=C1c2ccc(-c3ccc4c(c3)C(=O)N(c3cccc(Cl)c3)C4=O)cc2C(=O)N1c1cccc(Cl)c1. The maximum atomic E-state index is 13.2. The number of carbonyl (C=O) groups is 4. The van der Waals surface area contributed by atoms with Crippen molar-refractivity contribution in [1.82, 2.24) is 0 Å². The summed E-state index contributed by atoms with van der Waals surface area (Å²) in [4.78, 5) is 54.4. The van der Waals surface area contributed by atoms with Gasteiger partial charge in [0.15, 0.2) is 0 Å². The van der Waals surface area contributed by atoms with Crippen LogP contribution in [0.3, 0.4) is 0 Å². The molecule has 2 aliphatic heterocycles. The van der Waals surface area contributed by atoms with Gasteiger partial charge in [-0.25, -0.2) is 9.80 Å². The molecule has 2 aliphatic rings.